The Kier molecular flexibility index (Phi) is 3.92. The molecular formula is C13H14N4O2. The van der Waals surface area contributed by atoms with E-state index in [-0.39, 0.29) is 5.91 Å². The summed E-state index contributed by atoms with van der Waals surface area (Å²) in [6.45, 7) is 3.41. The van der Waals surface area contributed by atoms with Gasteiger partial charge in [0.15, 0.2) is 5.82 Å². The summed E-state index contributed by atoms with van der Waals surface area (Å²) >= 11 is 0. The zero-order valence-electron chi connectivity index (χ0n) is 10.2. The van der Waals surface area contributed by atoms with Crippen LogP contribution in [-0.4, -0.2) is 21.1 Å². The molecule has 1 atom stereocenters. The highest BCUT2D eigenvalue weighted by Gasteiger charge is 2.17. The Bertz CT molecular complexity index is 615. The summed E-state index contributed by atoms with van der Waals surface area (Å²) in [6.07, 6.45) is 1.71. The second kappa shape index (κ2) is 5.81. The summed E-state index contributed by atoms with van der Waals surface area (Å²) in [5, 5.41) is 8.88. The maximum atomic E-state index is 11.4. The number of hydrogen-bond donors (Lipinski definition) is 3. The fraction of sp³-hybridized carbons (Fsp3) is 0.154. The normalized spacial score (nSPS) is 11.8. The van der Waals surface area contributed by atoms with Gasteiger partial charge in [0, 0.05) is 0 Å². The van der Waals surface area contributed by atoms with Crippen LogP contribution in [0.3, 0.4) is 0 Å². The molecule has 1 aromatic carbocycles. The van der Waals surface area contributed by atoms with Crippen LogP contribution in [0.1, 0.15) is 17.4 Å². The summed E-state index contributed by atoms with van der Waals surface area (Å²) in [6, 6.07) is 9.21. The third kappa shape index (κ3) is 3.41. The first-order valence-corrected chi connectivity index (χ1v) is 5.80. The van der Waals surface area contributed by atoms with Gasteiger partial charge in [-0.25, -0.2) is 9.89 Å². The van der Waals surface area contributed by atoms with E-state index < -0.39 is 11.7 Å². The minimum atomic E-state index is -0.410. The maximum absolute atomic E-state index is 11.4. The molecule has 0 saturated heterocycles. The number of nitrogens with zero attached hydrogens (tertiary/aromatic N) is 1. The first-order chi connectivity index (χ1) is 9.19. The zero-order valence-corrected chi connectivity index (χ0v) is 10.2. The molecule has 0 aliphatic heterocycles. The van der Waals surface area contributed by atoms with Crippen molar-refractivity contribution in [1.29, 1.82) is 0 Å². The molecule has 0 bridgehead atoms. The maximum Gasteiger partial charge on any atom is 0.340 e. The minimum Gasteiger partial charge on any atom is -0.342 e. The number of hydrogen-bond acceptors (Lipinski definition) is 3. The summed E-state index contributed by atoms with van der Waals surface area (Å²) in [5.41, 5.74) is 0.627. The van der Waals surface area contributed by atoms with Crippen LogP contribution >= 0.6 is 0 Å². The molecule has 0 aliphatic carbocycles. The number of carbonyl (C=O) groups excluding carboxylic acids is 1. The molecule has 0 radical (unpaired) electrons. The Labute approximate surface area is 109 Å². The Morgan fingerprint density at radius 1 is 1.42 bits per heavy atom. The number of amides is 1. The Hall–Kier alpha value is -2.63. The minimum absolute atomic E-state index is 0.315. The highest BCUT2D eigenvalue weighted by Crippen LogP contribution is 2.13. The average Bonchev–Trinajstić information content (AvgIpc) is 2.85. The van der Waals surface area contributed by atoms with Crippen LogP contribution in [-0.2, 0) is 11.2 Å². The Balaban J connectivity index is 2.21. The van der Waals surface area contributed by atoms with Gasteiger partial charge in [0.05, 0.1) is 6.04 Å². The first-order valence-electron chi connectivity index (χ1n) is 5.80. The lowest BCUT2D eigenvalue weighted by Crippen LogP contribution is -2.29. The lowest BCUT2D eigenvalue weighted by atomic mass is 10.1. The van der Waals surface area contributed by atoms with Crippen LogP contribution in [0.4, 0.5) is 0 Å². The molecular weight excluding hydrogens is 244 g/mol. The van der Waals surface area contributed by atoms with Crippen LogP contribution in [0.15, 0.2) is 47.8 Å². The lowest BCUT2D eigenvalue weighted by molar-refractivity contribution is -0.117. The monoisotopic (exact) mass is 258 g/mol. The topological polar surface area (TPSA) is 90.6 Å². The molecule has 2 aromatic rings. The van der Waals surface area contributed by atoms with E-state index in [2.05, 4.69) is 27.1 Å². The second-order valence-corrected chi connectivity index (χ2v) is 4.02. The molecule has 19 heavy (non-hydrogen) atoms. The molecule has 3 N–H and O–H groups in total. The highest BCUT2D eigenvalue weighted by atomic mass is 16.2. The van der Waals surface area contributed by atoms with Crippen LogP contribution in [0.2, 0.25) is 0 Å². The van der Waals surface area contributed by atoms with Gasteiger partial charge in [0.2, 0.25) is 5.91 Å². The number of benzene rings is 1. The molecule has 0 spiro atoms. The van der Waals surface area contributed by atoms with Gasteiger partial charge in [-0.1, -0.05) is 36.9 Å². The Morgan fingerprint density at radius 3 is 2.74 bits per heavy atom. The van der Waals surface area contributed by atoms with Gasteiger partial charge in [0.25, 0.3) is 0 Å². The van der Waals surface area contributed by atoms with Gasteiger partial charge < -0.3 is 5.32 Å². The molecule has 0 saturated carbocycles. The molecule has 1 amide bonds. The van der Waals surface area contributed by atoms with Crippen molar-refractivity contribution in [3.8, 4) is 0 Å². The van der Waals surface area contributed by atoms with Crippen molar-refractivity contribution in [3.05, 3.63) is 64.9 Å². The smallest absolute Gasteiger partial charge is 0.340 e. The SMILES string of the molecule is C=CC(=O)NC(Cc1ccccc1)c1n[nH]c(=O)[nH]1. The molecule has 6 heteroatoms. The number of nitrogens with one attached hydrogen (secondary N) is 3. The number of H-pyrrole nitrogens is 2. The number of aromatic nitrogens is 3. The highest BCUT2D eigenvalue weighted by molar-refractivity contribution is 5.87. The number of carbonyl (C=O) groups is 1. The van der Waals surface area contributed by atoms with Crippen molar-refractivity contribution in [1.82, 2.24) is 20.5 Å². The average molecular weight is 258 g/mol. The molecule has 1 unspecified atom stereocenters. The molecule has 0 fully saturated rings. The quantitative estimate of drug-likeness (QED) is 0.689. The van der Waals surface area contributed by atoms with Gasteiger partial charge in [-0.05, 0) is 18.1 Å². The fourth-order valence-corrected chi connectivity index (χ4v) is 1.74. The van der Waals surface area contributed by atoms with Crippen molar-refractivity contribution >= 4 is 5.91 Å². The third-order valence-corrected chi connectivity index (χ3v) is 2.63. The van der Waals surface area contributed by atoms with Crippen molar-refractivity contribution < 1.29 is 4.79 Å². The summed E-state index contributed by atoms with van der Waals surface area (Å²) < 4.78 is 0. The second-order valence-electron chi connectivity index (χ2n) is 4.02. The van der Waals surface area contributed by atoms with Crippen LogP contribution in [0.5, 0.6) is 0 Å². The van der Waals surface area contributed by atoms with Crippen LogP contribution < -0.4 is 11.0 Å². The predicted octanol–water partition coefficient (Wildman–Crippen LogP) is 0.684. The van der Waals surface area contributed by atoms with E-state index in [1.165, 1.54) is 6.08 Å². The fourth-order valence-electron chi connectivity index (χ4n) is 1.74. The predicted molar refractivity (Wildman–Crippen MR) is 70.4 cm³/mol. The molecule has 6 nitrogen and oxygen atoms in total. The van der Waals surface area contributed by atoms with Crippen LogP contribution in [0.25, 0.3) is 0 Å². The van der Waals surface area contributed by atoms with Crippen molar-refractivity contribution in [2.24, 2.45) is 0 Å². The first kappa shape index (κ1) is 12.8. The van der Waals surface area contributed by atoms with Gasteiger partial charge in [0.1, 0.15) is 0 Å². The molecule has 0 aliphatic rings. The Morgan fingerprint density at radius 2 is 2.16 bits per heavy atom. The van der Waals surface area contributed by atoms with Crippen LogP contribution in [0, 0.1) is 0 Å². The molecule has 2 rings (SSSR count). The van der Waals surface area contributed by atoms with Gasteiger partial charge in [-0.2, -0.15) is 5.10 Å². The van der Waals surface area contributed by atoms with Crippen molar-refractivity contribution in [2.75, 3.05) is 0 Å². The summed E-state index contributed by atoms with van der Waals surface area (Å²) in [7, 11) is 0. The van der Waals surface area contributed by atoms with Gasteiger partial charge >= 0.3 is 5.69 Å². The van der Waals surface area contributed by atoms with E-state index in [0.29, 0.717) is 12.2 Å². The van der Waals surface area contributed by atoms with Gasteiger partial charge in [-0.3, -0.25) is 9.78 Å². The standard InChI is InChI=1S/C13H14N4O2/c1-2-11(18)14-10(12-15-13(19)17-16-12)8-9-6-4-3-5-7-9/h2-7,10H,1,8H2,(H,14,18)(H2,15,16,17,19). The number of rotatable bonds is 5. The third-order valence-electron chi connectivity index (χ3n) is 2.63. The van der Waals surface area contributed by atoms with E-state index in [1.807, 2.05) is 30.3 Å². The van der Waals surface area contributed by atoms with E-state index in [4.69, 9.17) is 0 Å². The largest absolute Gasteiger partial charge is 0.342 e. The van der Waals surface area contributed by atoms with Crippen molar-refractivity contribution in [3.63, 3.8) is 0 Å². The van der Waals surface area contributed by atoms with E-state index in [0.717, 1.165) is 5.56 Å². The van der Waals surface area contributed by atoms with E-state index >= 15 is 0 Å². The van der Waals surface area contributed by atoms with E-state index in [9.17, 15) is 9.59 Å². The summed E-state index contributed by atoms with van der Waals surface area (Å²) in [4.78, 5) is 25.1. The van der Waals surface area contributed by atoms with Gasteiger partial charge in [-0.15, -0.1) is 0 Å². The molecule has 1 heterocycles. The zero-order chi connectivity index (χ0) is 13.7. The number of aromatic amines is 2. The summed E-state index contributed by atoms with van der Waals surface area (Å²) in [5.74, 6) is 0.0776. The molecule has 1 aromatic heterocycles. The molecule has 98 valence electrons. The van der Waals surface area contributed by atoms with Crippen molar-refractivity contribution in [2.45, 2.75) is 12.5 Å². The lowest BCUT2D eigenvalue weighted by Gasteiger charge is -2.15. The van der Waals surface area contributed by atoms with E-state index in [1.54, 1.807) is 0 Å².